The number of nitrogens with one attached hydrogen (secondary N) is 2. The number of fused-ring (bicyclic) bond motifs is 1. The molecular weight excluding hydrogens is 343 g/mol. The second-order valence-corrected chi connectivity index (χ2v) is 5.84. The Labute approximate surface area is 142 Å². The van der Waals surface area contributed by atoms with E-state index in [2.05, 4.69) is 26.4 Å². The number of aromatic amines is 1. The zero-order chi connectivity index (χ0) is 15.9. The zero-order valence-corrected chi connectivity index (χ0v) is 14.1. The molecule has 0 fully saturated rings. The monoisotopic (exact) mass is 356 g/mol. The Morgan fingerprint density at radius 2 is 2.36 bits per heavy atom. The van der Waals surface area contributed by atoms with Crippen molar-refractivity contribution in [2.24, 2.45) is 9.98 Å². The van der Waals surface area contributed by atoms with Gasteiger partial charge < -0.3 is 14.4 Å². The molecule has 0 amide bonds. The molecule has 0 aliphatic rings. The van der Waals surface area contributed by atoms with Crippen LogP contribution in [0.15, 0.2) is 50.6 Å². The fourth-order valence-electron chi connectivity index (χ4n) is 1.67. The number of ether oxygens (including phenoxy) is 1. The summed E-state index contributed by atoms with van der Waals surface area (Å²) in [4.78, 5) is 11.9. The number of methoxy groups -OCH3 is 1. The summed E-state index contributed by atoms with van der Waals surface area (Å²) in [5, 5.41) is 1.97. The van der Waals surface area contributed by atoms with Gasteiger partial charge in [-0.3, -0.25) is 4.99 Å². The predicted molar refractivity (Wildman–Crippen MR) is 95.1 cm³/mol. The number of nitrogens with zero attached hydrogens (tertiary/aromatic N) is 2. The van der Waals surface area contributed by atoms with Gasteiger partial charge in [0.15, 0.2) is 0 Å². The molecule has 1 aromatic heterocycles. The first kappa shape index (κ1) is 16.9. The van der Waals surface area contributed by atoms with Crippen LogP contribution < -0.4 is 4.72 Å². The van der Waals surface area contributed by atoms with E-state index in [0.29, 0.717) is 17.5 Å². The minimum atomic E-state index is 0.210. The molecule has 8 heteroatoms. The first-order valence-corrected chi connectivity index (χ1v) is 7.78. The standard InChI is InChI=1S/C14H14Cl2N4OS/c1-17-13(16)7-19-14(8-21-2)20-22-12-6-18-11-5-9(15)3-4-10(11)12/h3-7,18H,1,8H2,2H3,(H,19,20)/b13-7-. The van der Waals surface area contributed by atoms with Gasteiger partial charge in [-0.15, -0.1) is 0 Å². The van der Waals surface area contributed by atoms with E-state index in [4.69, 9.17) is 27.9 Å². The van der Waals surface area contributed by atoms with E-state index in [-0.39, 0.29) is 5.16 Å². The van der Waals surface area contributed by atoms with Crippen molar-refractivity contribution in [2.45, 2.75) is 4.90 Å². The van der Waals surface area contributed by atoms with E-state index in [9.17, 15) is 0 Å². The lowest BCUT2D eigenvalue weighted by atomic mass is 10.2. The first-order valence-electron chi connectivity index (χ1n) is 6.21. The number of halogens is 2. The van der Waals surface area contributed by atoms with Crippen LogP contribution in [0.2, 0.25) is 5.02 Å². The number of rotatable bonds is 6. The van der Waals surface area contributed by atoms with Crippen LogP contribution in [0.1, 0.15) is 0 Å². The maximum Gasteiger partial charge on any atom is 0.146 e. The summed E-state index contributed by atoms with van der Waals surface area (Å²) < 4.78 is 8.23. The van der Waals surface area contributed by atoms with E-state index < -0.39 is 0 Å². The Balaban J connectivity index is 2.12. The second kappa shape index (κ2) is 8.24. The molecule has 0 radical (unpaired) electrons. The van der Waals surface area contributed by atoms with Gasteiger partial charge >= 0.3 is 0 Å². The quantitative estimate of drug-likeness (QED) is 0.353. The highest BCUT2D eigenvalue weighted by Gasteiger charge is 2.06. The Morgan fingerprint density at radius 1 is 1.55 bits per heavy atom. The molecule has 1 heterocycles. The molecule has 2 aromatic rings. The van der Waals surface area contributed by atoms with Gasteiger partial charge in [0, 0.05) is 29.2 Å². The summed E-state index contributed by atoms with van der Waals surface area (Å²) in [5.74, 6) is 0.609. The number of aliphatic imine (C=N–C) groups is 2. The first-order chi connectivity index (χ1) is 10.6. The van der Waals surface area contributed by atoms with E-state index in [1.807, 2.05) is 24.4 Å². The second-order valence-electron chi connectivity index (χ2n) is 4.17. The van der Waals surface area contributed by atoms with Crippen molar-refractivity contribution >= 4 is 58.6 Å². The molecule has 0 saturated carbocycles. The smallest absolute Gasteiger partial charge is 0.146 e. The molecule has 22 heavy (non-hydrogen) atoms. The fourth-order valence-corrected chi connectivity index (χ4v) is 2.64. The highest BCUT2D eigenvalue weighted by atomic mass is 35.5. The molecule has 116 valence electrons. The Bertz CT molecular complexity index is 727. The lowest BCUT2D eigenvalue weighted by Crippen LogP contribution is -2.20. The van der Waals surface area contributed by atoms with Crippen molar-refractivity contribution in [3.63, 3.8) is 0 Å². The molecule has 0 aliphatic heterocycles. The maximum atomic E-state index is 5.97. The van der Waals surface area contributed by atoms with Crippen LogP contribution in [-0.4, -0.2) is 31.3 Å². The number of benzene rings is 1. The van der Waals surface area contributed by atoms with Crippen molar-refractivity contribution in [3.05, 3.63) is 40.8 Å². The van der Waals surface area contributed by atoms with E-state index >= 15 is 0 Å². The lowest BCUT2D eigenvalue weighted by Gasteiger charge is -2.06. The average molecular weight is 357 g/mol. The third-order valence-corrected chi connectivity index (χ3v) is 3.99. The normalized spacial score (nSPS) is 12.7. The molecule has 5 nitrogen and oxygen atoms in total. The van der Waals surface area contributed by atoms with Crippen molar-refractivity contribution in [1.29, 1.82) is 0 Å². The number of amidine groups is 1. The average Bonchev–Trinajstić information content (AvgIpc) is 2.91. The molecule has 0 spiro atoms. The predicted octanol–water partition coefficient (Wildman–Crippen LogP) is 4.20. The minimum absolute atomic E-state index is 0.210. The third-order valence-electron chi connectivity index (χ3n) is 2.64. The number of aromatic nitrogens is 1. The topological polar surface area (TPSA) is 61.8 Å². The summed E-state index contributed by atoms with van der Waals surface area (Å²) in [6, 6.07) is 5.69. The molecule has 2 N–H and O–H groups in total. The molecule has 2 rings (SSSR count). The van der Waals surface area contributed by atoms with Gasteiger partial charge in [-0.25, -0.2) is 4.99 Å². The van der Waals surface area contributed by atoms with Gasteiger partial charge in [0.1, 0.15) is 17.6 Å². The molecule has 0 saturated heterocycles. The summed E-state index contributed by atoms with van der Waals surface area (Å²) in [6.07, 6.45) is 3.31. The number of hydrogen-bond acceptors (Lipinski definition) is 4. The van der Waals surface area contributed by atoms with Crippen LogP contribution in [0.4, 0.5) is 0 Å². The van der Waals surface area contributed by atoms with E-state index in [1.54, 1.807) is 7.11 Å². The number of H-pyrrole nitrogens is 1. The lowest BCUT2D eigenvalue weighted by molar-refractivity contribution is 0.244. The van der Waals surface area contributed by atoms with Gasteiger partial charge in [0.05, 0.1) is 11.1 Å². The van der Waals surface area contributed by atoms with Crippen LogP contribution in [-0.2, 0) is 4.74 Å². The third kappa shape index (κ3) is 4.51. The van der Waals surface area contributed by atoms with E-state index in [0.717, 1.165) is 15.8 Å². The molecular formula is C14H14Cl2N4OS. The van der Waals surface area contributed by atoms with Crippen LogP contribution in [0.25, 0.3) is 10.9 Å². The summed E-state index contributed by atoms with van der Waals surface area (Å²) >= 11 is 13.1. The molecule has 0 aliphatic carbocycles. The minimum Gasteiger partial charge on any atom is -0.377 e. The SMILES string of the molecule is C=N/C(Cl)=C\N=C(COC)NSc1c[nH]c2cc(Cl)ccc12. The highest BCUT2D eigenvalue weighted by molar-refractivity contribution is 7.98. The van der Waals surface area contributed by atoms with Gasteiger partial charge in [0.25, 0.3) is 0 Å². The van der Waals surface area contributed by atoms with E-state index in [1.165, 1.54) is 18.1 Å². The Hall–Kier alpha value is -1.47. The molecule has 0 atom stereocenters. The van der Waals surface area contributed by atoms with Gasteiger partial charge in [-0.2, -0.15) is 0 Å². The summed E-state index contributed by atoms with van der Waals surface area (Å²) in [6.45, 7) is 3.64. The van der Waals surface area contributed by atoms with Crippen LogP contribution >= 0.6 is 35.1 Å². The van der Waals surface area contributed by atoms with Crippen LogP contribution in [0, 0.1) is 0 Å². The maximum absolute atomic E-state index is 5.97. The van der Waals surface area contributed by atoms with Gasteiger partial charge in [-0.1, -0.05) is 29.3 Å². The van der Waals surface area contributed by atoms with Crippen molar-refractivity contribution in [1.82, 2.24) is 9.71 Å². The molecule has 0 unspecified atom stereocenters. The largest absolute Gasteiger partial charge is 0.377 e. The fraction of sp³-hybridized carbons (Fsp3) is 0.143. The zero-order valence-electron chi connectivity index (χ0n) is 11.8. The molecule has 0 bridgehead atoms. The molecule has 1 aromatic carbocycles. The Kier molecular flexibility index (Phi) is 6.33. The van der Waals surface area contributed by atoms with Gasteiger partial charge in [-0.05, 0) is 30.8 Å². The van der Waals surface area contributed by atoms with Crippen molar-refractivity contribution in [2.75, 3.05) is 13.7 Å². The van der Waals surface area contributed by atoms with Gasteiger partial charge in [0.2, 0.25) is 0 Å². The summed E-state index contributed by atoms with van der Waals surface area (Å²) in [7, 11) is 1.59. The van der Waals surface area contributed by atoms with Crippen molar-refractivity contribution < 1.29 is 4.74 Å². The van der Waals surface area contributed by atoms with Crippen LogP contribution in [0.5, 0.6) is 0 Å². The summed E-state index contributed by atoms with van der Waals surface area (Å²) in [5.41, 5.74) is 0.973. The van der Waals surface area contributed by atoms with Crippen LogP contribution in [0.3, 0.4) is 0 Å². The van der Waals surface area contributed by atoms with Crippen molar-refractivity contribution in [3.8, 4) is 0 Å². The highest BCUT2D eigenvalue weighted by Crippen LogP contribution is 2.27. The number of hydrogen-bond donors (Lipinski definition) is 2. The Morgan fingerprint density at radius 3 is 3.09 bits per heavy atom.